The quantitative estimate of drug-likeness (QED) is 0.667. The van der Waals surface area contributed by atoms with E-state index in [-0.39, 0.29) is 27.6 Å². The number of carbonyl (C=O) groups excluding carboxylic acids is 1. The summed E-state index contributed by atoms with van der Waals surface area (Å²) in [4.78, 5) is 23.9. The van der Waals surface area contributed by atoms with Crippen molar-refractivity contribution in [2.45, 2.75) is 13.8 Å². The second kappa shape index (κ2) is 6.19. The Morgan fingerprint density at radius 1 is 1.50 bits per heavy atom. The monoisotopic (exact) mass is 299 g/mol. The Labute approximate surface area is 122 Å². The van der Waals surface area contributed by atoms with Crippen LogP contribution in [0.3, 0.4) is 0 Å². The standard InChI is InChI=1S/C13H18ClN3O3/c1-13(2,7-15)8-16(3)12(18)10-5-4-9(17(19)20)6-11(10)14/h4-6H,7-8,15H2,1-3H3. The van der Waals surface area contributed by atoms with Gasteiger partial charge in [0.25, 0.3) is 11.6 Å². The topological polar surface area (TPSA) is 89.5 Å². The lowest BCUT2D eigenvalue weighted by atomic mass is 9.93. The van der Waals surface area contributed by atoms with E-state index in [1.807, 2.05) is 13.8 Å². The summed E-state index contributed by atoms with van der Waals surface area (Å²) < 4.78 is 0. The van der Waals surface area contributed by atoms with Crippen LogP contribution in [0.4, 0.5) is 5.69 Å². The number of nitrogens with zero attached hydrogens (tertiary/aromatic N) is 2. The summed E-state index contributed by atoms with van der Waals surface area (Å²) in [7, 11) is 1.65. The van der Waals surface area contributed by atoms with Crippen molar-refractivity contribution in [3.63, 3.8) is 0 Å². The molecule has 0 saturated carbocycles. The van der Waals surface area contributed by atoms with Gasteiger partial charge in [-0.3, -0.25) is 14.9 Å². The minimum absolute atomic E-state index is 0.0709. The van der Waals surface area contributed by atoms with E-state index in [1.165, 1.54) is 23.1 Å². The minimum Gasteiger partial charge on any atom is -0.341 e. The fourth-order valence-corrected chi connectivity index (χ4v) is 2.03. The van der Waals surface area contributed by atoms with Gasteiger partial charge in [0, 0.05) is 25.7 Å². The van der Waals surface area contributed by atoms with E-state index in [2.05, 4.69) is 0 Å². The second-order valence-electron chi connectivity index (χ2n) is 5.45. The first kappa shape index (κ1) is 16.4. The summed E-state index contributed by atoms with van der Waals surface area (Å²) in [5, 5.41) is 10.7. The molecule has 1 aromatic carbocycles. The van der Waals surface area contributed by atoms with Gasteiger partial charge in [-0.1, -0.05) is 25.4 Å². The third-order valence-electron chi connectivity index (χ3n) is 2.96. The lowest BCUT2D eigenvalue weighted by molar-refractivity contribution is -0.384. The molecule has 0 aliphatic heterocycles. The van der Waals surface area contributed by atoms with Gasteiger partial charge in [-0.2, -0.15) is 0 Å². The fraction of sp³-hybridized carbons (Fsp3) is 0.462. The van der Waals surface area contributed by atoms with Gasteiger partial charge in [0.2, 0.25) is 0 Å². The maximum atomic E-state index is 12.3. The maximum Gasteiger partial charge on any atom is 0.270 e. The molecule has 0 heterocycles. The number of hydrogen-bond donors (Lipinski definition) is 1. The van der Waals surface area contributed by atoms with Gasteiger partial charge in [-0.05, 0) is 18.0 Å². The van der Waals surface area contributed by atoms with E-state index in [9.17, 15) is 14.9 Å². The fourth-order valence-electron chi connectivity index (χ4n) is 1.78. The second-order valence-corrected chi connectivity index (χ2v) is 5.86. The molecule has 0 radical (unpaired) electrons. The van der Waals surface area contributed by atoms with Crippen molar-refractivity contribution in [2.75, 3.05) is 20.1 Å². The highest BCUT2D eigenvalue weighted by atomic mass is 35.5. The predicted molar refractivity (Wildman–Crippen MR) is 77.9 cm³/mol. The molecule has 1 rings (SSSR count). The summed E-state index contributed by atoms with van der Waals surface area (Å²) >= 11 is 5.94. The van der Waals surface area contributed by atoms with E-state index in [0.717, 1.165) is 0 Å². The van der Waals surface area contributed by atoms with Crippen LogP contribution in [0.2, 0.25) is 5.02 Å². The first-order valence-corrected chi connectivity index (χ1v) is 6.45. The van der Waals surface area contributed by atoms with Gasteiger partial charge < -0.3 is 10.6 Å². The van der Waals surface area contributed by atoms with Gasteiger partial charge in [-0.15, -0.1) is 0 Å². The van der Waals surface area contributed by atoms with Crippen LogP contribution >= 0.6 is 11.6 Å². The van der Waals surface area contributed by atoms with Crippen LogP contribution in [0.1, 0.15) is 24.2 Å². The van der Waals surface area contributed by atoms with Gasteiger partial charge >= 0.3 is 0 Å². The molecule has 0 aromatic heterocycles. The lowest BCUT2D eigenvalue weighted by Gasteiger charge is -2.29. The number of benzene rings is 1. The van der Waals surface area contributed by atoms with Gasteiger partial charge in [0.05, 0.1) is 15.5 Å². The van der Waals surface area contributed by atoms with Crippen molar-refractivity contribution in [3.05, 3.63) is 38.9 Å². The highest BCUT2D eigenvalue weighted by Crippen LogP contribution is 2.24. The van der Waals surface area contributed by atoms with Crippen molar-refractivity contribution in [1.82, 2.24) is 4.90 Å². The molecule has 0 spiro atoms. The molecule has 1 amide bonds. The molecule has 0 bridgehead atoms. The van der Waals surface area contributed by atoms with Crippen LogP contribution in [0.5, 0.6) is 0 Å². The molecule has 0 aliphatic carbocycles. The number of amides is 1. The molecule has 2 N–H and O–H groups in total. The molecule has 0 unspecified atom stereocenters. The van der Waals surface area contributed by atoms with Crippen LogP contribution in [0.25, 0.3) is 0 Å². The summed E-state index contributed by atoms with van der Waals surface area (Å²) in [6, 6.07) is 3.81. The third kappa shape index (κ3) is 3.91. The Morgan fingerprint density at radius 2 is 2.10 bits per heavy atom. The Bertz CT molecular complexity index is 532. The van der Waals surface area contributed by atoms with E-state index in [0.29, 0.717) is 13.1 Å². The summed E-state index contributed by atoms with van der Waals surface area (Å²) in [6.45, 7) is 4.82. The molecular weight excluding hydrogens is 282 g/mol. The number of nitrogens with two attached hydrogens (primary N) is 1. The molecule has 1 aromatic rings. The average Bonchev–Trinajstić information content (AvgIpc) is 2.37. The molecule has 20 heavy (non-hydrogen) atoms. The average molecular weight is 300 g/mol. The number of rotatable bonds is 5. The van der Waals surface area contributed by atoms with E-state index in [1.54, 1.807) is 7.05 Å². The Hall–Kier alpha value is -1.66. The summed E-state index contributed by atoms with van der Waals surface area (Å²) in [5.41, 5.74) is 5.53. The Morgan fingerprint density at radius 3 is 2.55 bits per heavy atom. The molecule has 0 saturated heterocycles. The van der Waals surface area contributed by atoms with Crippen LogP contribution in [0, 0.1) is 15.5 Å². The molecule has 0 aliphatic rings. The molecule has 6 nitrogen and oxygen atoms in total. The Balaban J connectivity index is 2.95. The molecule has 7 heteroatoms. The zero-order valence-corrected chi connectivity index (χ0v) is 12.5. The van der Waals surface area contributed by atoms with E-state index < -0.39 is 4.92 Å². The molecule has 0 fully saturated rings. The number of hydrogen-bond acceptors (Lipinski definition) is 4. The molecule has 110 valence electrons. The van der Waals surface area contributed by atoms with Crippen LogP contribution in [-0.4, -0.2) is 35.9 Å². The summed E-state index contributed by atoms with van der Waals surface area (Å²) in [5.74, 6) is -0.286. The number of nitro benzene ring substituents is 1. The van der Waals surface area contributed by atoms with E-state index >= 15 is 0 Å². The maximum absolute atomic E-state index is 12.3. The third-order valence-corrected chi connectivity index (χ3v) is 3.27. The van der Waals surface area contributed by atoms with Crippen molar-refractivity contribution in [3.8, 4) is 0 Å². The number of carbonyl (C=O) groups is 1. The normalized spacial score (nSPS) is 11.2. The number of nitro groups is 1. The van der Waals surface area contributed by atoms with Crippen molar-refractivity contribution < 1.29 is 9.72 Å². The number of non-ortho nitro benzene ring substituents is 1. The first-order chi connectivity index (χ1) is 9.18. The Kier molecular flexibility index (Phi) is 5.08. The van der Waals surface area contributed by atoms with Gasteiger partial charge in [-0.25, -0.2) is 0 Å². The minimum atomic E-state index is -0.554. The van der Waals surface area contributed by atoms with Crippen LogP contribution in [-0.2, 0) is 0 Å². The largest absolute Gasteiger partial charge is 0.341 e. The van der Waals surface area contributed by atoms with Gasteiger partial charge in [0.15, 0.2) is 0 Å². The highest BCUT2D eigenvalue weighted by molar-refractivity contribution is 6.34. The lowest BCUT2D eigenvalue weighted by Crippen LogP contribution is -2.39. The zero-order valence-electron chi connectivity index (χ0n) is 11.7. The number of halogens is 1. The van der Waals surface area contributed by atoms with Crippen LogP contribution in [0.15, 0.2) is 18.2 Å². The predicted octanol–water partition coefficient (Wildman–Crippen LogP) is 2.31. The molecular formula is C13H18ClN3O3. The zero-order chi connectivity index (χ0) is 15.5. The first-order valence-electron chi connectivity index (χ1n) is 6.07. The summed E-state index contributed by atoms with van der Waals surface area (Å²) in [6.07, 6.45) is 0. The van der Waals surface area contributed by atoms with Crippen LogP contribution < -0.4 is 5.73 Å². The van der Waals surface area contributed by atoms with Crippen molar-refractivity contribution in [2.24, 2.45) is 11.1 Å². The van der Waals surface area contributed by atoms with Crippen molar-refractivity contribution >= 4 is 23.2 Å². The highest BCUT2D eigenvalue weighted by Gasteiger charge is 2.23. The smallest absolute Gasteiger partial charge is 0.270 e. The van der Waals surface area contributed by atoms with E-state index in [4.69, 9.17) is 17.3 Å². The van der Waals surface area contributed by atoms with Gasteiger partial charge in [0.1, 0.15) is 0 Å². The molecule has 0 atom stereocenters. The SMILES string of the molecule is CN(CC(C)(C)CN)C(=O)c1ccc([N+](=O)[O-])cc1Cl. The van der Waals surface area contributed by atoms with Crippen molar-refractivity contribution in [1.29, 1.82) is 0 Å².